The summed E-state index contributed by atoms with van der Waals surface area (Å²) in [6.45, 7) is 8.18. The molecule has 0 aromatic heterocycles. The van der Waals surface area contributed by atoms with E-state index >= 15 is 0 Å². The molecule has 2 aromatic carbocycles. The van der Waals surface area contributed by atoms with E-state index in [1.807, 2.05) is 0 Å². The zero-order valence-corrected chi connectivity index (χ0v) is 10.7. The zero-order valence-electron chi connectivity index (χ0n) is 10.7. The van der Waals surface area contributed by atoms with Crippen LogP contribution in [-0.4, -0.2) is 23.4 Å². The molecule has 100 valence electrons. The molecule has 0 aliphatic heterocycles. The predicted molar refractivity (Wildman–Crippen MR) is 78.5 cm³/mol. The van der Waals surface area contributed by atoms with Gasteiger partial charge in [0.25, 0.3) is 0 Å². The van der Waals surface area contributed by atoms with Crippen molar-refractivity contribution in [2.75, 3.05) is 13.2 Å². The minimum atomic E-state index is 0.198. The minimum Gasteiger partial charge on any atom is -0.507 e. The van der Waals surface area contributed by atoms with E-state index in [0.29, 0.717) is 24.0 Å². The molecule has 0 unspecified atom stereocenters. The molecule has 0 saturated heterocycles. The molecule has 0 amide bonds. The molecular formula is C16H18O3. The fraction of sp³-hybridized carbons (Fsp3) is 0.125. The third kappa shape index (κ3) is 4.48. The second-order valence-corrected chi connectivity index (χ2v) is 3.76. The Hall–Kier alpha value is -2.26. The Balaban J connectivity index is 0.000000224. The smallest absolute Gasteiger partial charge is 0.123 e. The molecule has 19 heavy (non-hydrogen) atoms. The number of fused-ring (bicyclic) bond motifs is 1. The highest BCUT2D eigenvalue weighted by Crippen LogP contribution is 2.29. The topological polar surface area (TPSA) is 49.7 Å². The van der Waals surface area contributed by atoms with Crippen molar-refractivity contribution in [3.63, 3.8) is 0 Å². The highest BCUT2D eigenvalue weighted by molar-refractivity contribution is 5.92. The predicted octanol–water partition coefficient (Wildman–Crippen LogP) is 3.63. The summed E-state index contributed by atoms with van der Waals surface area (Å²) in [5, 5.41) is 20.1. The summed E-state index contributed by atoms with van der Waals surface area (Å²) in [5.74, 6) is 0.395. The van der Waals surface area contributed by atoms with Gasteiger partial charge in [-0.15, -0.1) is 13.2 Å². The first-order valence-corrected chi connectivity index (χ1v) is 5.90. The molecule has 0 fully saturated rings. The lowest BCUT2D eigenvalue weighted by molar-refractivity contribution is 0.194. The van der Waals surface area contributed by atoms with Crippen LogP contribution in [0, 0.1) is 0 Å². The highest BCUT2D eigenvalue weighted by atomic mass is 16.5. The molecule has 0 aliphatic carbocycles. The lowest BCUT2D eigenvalue weighted by Crippen LogP contribution is -1.87. The van der Waals surface area contributed by atoms with Gasteiger partial charge >= 0.3 is 0 Å². The quantitative estimate of drug-likeness (QED) is 0.650. The van der Waals surface area contributed by atoms with Crippen LogP contribution in [0.15, 0.2) is 61.7 Å². The van der Waals surface area contributed by atoms with E-state index in [-0.39, 0.29) is 11.5 Å². The van der Waals surface area contributed by atoms with Gasteiger partial charge in [0.1, 0.15) is 11.5 Å². The second kappa shape index (κ2) is 7.95. The van der Waals surface area contributed by atoms with Crippen LogP contribution in [0.3, 0.4) is 0 Å². The maximum Gasteiger partial charge on any atom is 0.123 e. The molecule has 0 bridgehead atoms. The van der Waals surface area contributed by atoms with E-state index in [9.17, 15) is 10.2 Å². The molecule has 0 spiro atoms. The second-order valence-electron chi connectivity index (χ2n) is 3.76. The Kier molecular flexibility index (Phi) is 6.19. The van der Waals surface area contributed by atoms with Gasteiger partial charge in [-0.1, -0.05) is 36.4 Å². The van der Waals surface area contributed by atoms with Gasteiger partial charge < -0.3 is 14.9 Å². The number of rotatable bonds is 4. The number of ether oxygens (including phenoxy) is 1. The Morgan fingerprint density at radius 2 is 1.26 bits per heavy atom. The van der Waals surface area contributed by atoms with Crippen molar-refractivity contribution < 1.29 is 14.9 Å². The molecule has 2 N–H and O–H groups in total. The molecule has 2 rings (SSSR count). The van der Waals surface area contributed by atoms with Crippen LogP contribution in [0.5, 0.6) is 11.5 Å². The summed E-state index contributed by atoms with van der Waals surface area (Å²) in [7, 11) is 0. The number of hydrogen-bond acceptors (Lipinski definition) is 3. The maximum absolute atomic E-state index is 9.38. The lowest BCUT2D eigenvalue weighted by atomic mass is 10.1. The Bertz CT molecular complexity index is 497. The van der Waals surface area contributed by atoms with Gasteiger partial charge in [0.05, 0.1) is 13.2 Å². The number of benzene rings is 2. The Labute approximate surface area is 113 Å². The molecule has 0 aliphatic rings. The largest absolute Gasteiger partial charge is 0.507 e. The first-order chi connectivity index (χ1) is 9.20. The van der Waals surface area contributed by atoms with Crippen LogP contribution in [-0.2, 0) is 4.74 Å². The van der Waals surface area contributed by atoms with Crippen LogP contribution in [0.25, 0.3) is 10.8 Å². The summed E-state index contributed by atoms with van der Waals surface area (Å²) in [5.41, 5.74) is 0. The Morgan fingerprint density at radius 1 is 0.842 bits per heavy atom. The van der Waals surface area contributed by atoms with Gasteiger partial charge in [0.15, 0.2) is 0 Å². The van der Waals surface area contributed by atoms with E-state index in [0.717, 1.165) is 0 Å². The van der Waals surface area contributed by atoms with Crippen molar-refractivity contribution in [3.8, 4) is 11.5 Å². The summed E-state index contributed by atoms with van der Waals surface area (Å²) >= 11 is 0. The van der Waals surface area contributed by atoms with Gasteiger partial charge in [0.2, 0.25) is 0 Å². The first-order valence-electron chi connectivity index (χ1n) is 5.90. The number of phenols is 2. The Morgan fingerprint density at radius 3 is 1.63 bits per heavy atom. The molecule has 0 saturated carbocycles. The molecule has 3 heteroatoms. The fourth-order valence-electron chi connectivity index (χ4n) is 1.51. The average molecular weight is 258 g/mol. The fourth-order valence-corrected chi connectivity index (χ4v) is 1.51. The van der Waals surface area contributed by atoms with Crippen LogP contribution in [0.1, 0.15) is 0 Å². The van der Waals surface area contributed by atoms with Crippen molar-refractivity contribution in [1.29, 1.82) is 0 Å². The van der Waals surface area contributed by atoms with Crippen molar-refractivity contribution >= 4 is 10.8 Å². The number of hydrogen-bond donors (Lipinski definition) is 2. The molecule has 0 heterocycles. The van der Waals surface area contributed by atoms with E-state index in [1.54, 1.807) is 48.6 Å². The highest BCUT2D eigenvalue weighted by Gasteiger charge is 2.00. The van der Waals surface area contributed by atoms with Crippen molar-refractivity contribution in [3.05, 3.63) is 61.7 Å². The zero-order chi connectivity index (χ0) is 14.1. The number of phenolic OH excluding ortho intramolecular Hbond substituents is 2. The van der Waals surface area contributed by atoms with Gasteiger partial charge in [-0.25, -0.2) is 0 Å². The summed E-state index contributed by atoms with van der Waals surface area (Å²) in [4.78, 5) is 0. The van der Waals surface area contributed by atoms with Crippen molar-refractivity contribution in [2.45, 2.75) is 0 Å². The van der Waals surface area contributed by atoms with Gasteiger partial charge in [-0.05, 0) is 12.1 Å². The average Bonchev–Trinajstić information content (AvgIpc) is 2.42. The van der Waals surface area contributed by atoms with Crippen molar-refractivity contribution in [1.82, 2.24) is 0 Å². The molecule has 3 nitrogen and oxygen atoms in total. The number of aromatic hydroxyl groups is 2. The molecule has 0 radical (unpaired) electrons. The summed E-state index contributed by atoms with van der Waals surface area (Å²) < 4.78 is 4.90. The SMILES string of the molecule is C=CCOCC=C.Oc1cccc2c(O)cccc12. The summed E-state index contributed by atoms with van der Waals surface area (Å²) in [6.07, 6.45) is 3.42. The minimum absolute atomic E-state index is 0.198. The third-order valence-electron chi connectivity index (χ3n) is 2.35. The van der Waals surface area contributed by atoms with E-state index in [2.05, 4.69) is 13.2 Å². The molecule has 2 aromatic rings. The molecular weight excluding hydrogens is 240 g/mol. The monoisotopic (exact) mass is 258 g/mol. The first kappa shape index (κ1) is 14.8. The van der Waals surface area contributed by atoms with E-state index in [1.165, 1.54) is 0 Å². The van der Waals surface area contributed by atoms with Gasteiger partial charge in [0, 0.05) is 10.8 Å². The van der Waals surface area contributed by atoms with Crippen molar-refractivity contribution in [2.24, 2.45) is 0 Å². The van der Waals surface area contributed by atoms with E-state index in [4.69, 9.17) is 4.74 Å². The van der Waals surface area contributed by atoms with Crippen LogP contribution in [0.2, 0.25) is 0 Å². The van der Waals surface area contributed by atoms with Gasteiger partial charge in [-0.2, -0.15) is 0 Å². The lowest BCUT2D eigenvalue weighted by Gasteiger charge is -2.01. The third-order valence-corrected chi connectivity index (χ3v) is 2.35. The molecule has 0 atom stereocenters. The van der Waals surface area contributed by atoms with Crippen LogP contribution >= 0.6 is 0 Å². The summed E-state index contributed by atoms with van der Waals surface area (Å²) in [6, 6.07) is 10.1. The maximum atomic E-state index is 9.38. The van der Waals surface area contributed by atoms with Crippen LogP contribution in [0.4, 0.5) is 0 Å². The van der Waals surface area contributed by atoms with Gasteiger partial charge in [-0.3, -0.25) is 0 Å². The normalized spacial score (nSPS) is 9.47. The van der Waals surface area contributed by atoms with E-state index < -0.39 is 0 Å². The standard InChI is InChI=1S/C10H8O2.C6H10O/c11-9-5-1-3-7-8(9)4-2-6-10(7)12;1-3-5-7-6-4-2/h1-6,11-12H;3-4H,1-2,5-6H2. The van der Waals surface area contributed by atoms with Crippen LogP contribution < -0.4 is 0 Å².